The molecule has 0 aliphatic carbocycles. The van der Waals surface area contributed by atoms with E-state index < -0.39 is 5.97 Å². The summed E-state index contributed by atoms with van der Waals surface area (Å²) in [6, 6.07) is 2.24. The van der Waals surface area contributed by atoms with Crippen molar-refractivity contribution in [1.82, 2.24) is 14.7 Å². The summed E-state index contributed by atoms with van der Waals surface area (Å²) in [5.74, 6) is 2.80. The molecule has 6 nitrogen and oxygen atoms in total. The summed E-state index contributed by atoms with van der Waals surface area (Å²) in [5.41, 5.74) is 2.03. The minimum absolute atomic E-state index is 0.298. The van der Waals surface area contributed by atoms with E-state index in [1.54, 1.807) is 0 Å². The minimum atomic E-state index is -0.424. The molecule has 0 spiro atoms. The van der Waals surface area contributed by atoms with E-state index in [1.807, 2.05) is 42.7 Å². The Hall–Kier alpha value is -1.73. The highest BCUT2D eigenvalue weighted by Crippen LogP contribution is 2.31. The number of thioether (sulfide) groups is 1. The average Bonchev–Trinajstić information content (AvgIpc) is 3.13. The first-order valence-electron chi connectivity index (χ1n) is 7.56. The first-order valence-corrected chi connectivity index (χ1v) is 8.72. The number of ether oxygens (including phenoxy) is 1. The van der Waals surface area contributed by atoms with Crippen LogP contribution >= 0.6 is 11.8 Å². The topological polar surface area (TPSA) is 60.5 Å². The fourth-order valence-electron chi connectivity index (χ4n) is 2.87. The van der Waals surface area contributed by atoms with Gasteiger partial charge in [0.15, 0.2) is 0 Å². The van der Waals surface area contributed by atoms with Gasteiger partial charge in [0.2, 0.25) is 5.76 Å². The molecule has 0 N–H and O–H groups in total. The molecule has 1 aliphatic heterocycles. The molecule has 124 valence electrons. The Morgan fingerprint density at radius 2 is 2.39 bits per heavy atom. The van der Waals surface area contributed by atoms with Crippen LogP contribution in [0.25, 0.3) is 0 Å². The number of furan rings is 1. The third-order valence-corrected chi connectivity index (χ3v) is 5.07. The van der Waals surface area contributed by atoms with E-state index in [4.69, 9.17) is 9.15 Å². The van der Waals surface area contributed by atoms with Crippen molar-refractivity contribution < 1.29 is 13.9 Å². The molecule has 1 saturated heterocycles. The number of rotatable bonds is 4. The molecule has 3 rings (SSSR count). The first kappa shape index (κ1) is 16.1. The summed E-state index contributed by atoms with van der Waals surface area (Å²) >= 11 is 1.95. The fraction of sp³-hybridized carbons (Fsp3) is 0.500. The third-order valence-electron chi connectivity index (χ3n) is 4.05. The van der Waals surface area contributed by atoms with Crippen LogP contribution in [0.15, 0.2) is 22.9 Å². The molecule has 0 radical (unpaired) electrons. The van der Waals surface area contributed by atoms with E-state index in [1.165, 1.54) is 12.7 Å². The zero-order valence-electron chi connectivity index (χ0n) is 13.6. The van der Waals surface area contributed by atoms with Gasteiger partial charge in [-0.05, 0) is 13.0 Å². The fourth-order valence-corrected chi connectivity index (χ4v) is 4.02. The summed E-state index contributed by atoms with van der Waals surface area (Å²) in [7, 11) is 3.30. The zero-order chi connectivity index (χ0) is 16.4. The van der Waals surface area contributed by atoms with Gasteiger partial charge >= 0.3 is 5.97 Å². The minimum Gasteiger partial charge on any atom is -0.463 e. The molecule has 1 atom stereocenters. The number of hydrogen-bond donors (Lipinski definition) is 0. The van der Waals surface area contributed by atoms with Gasteiger partial charge in [-0.25, -0.2) is 4.79 Å². The van der Waals surface area contributed by atoms with Gasteiger partial charge in [-0.15, -0.1) is 0 Å². The van der Waals surface area contributed by atoms with Crippen molar-refractivity contribution in [3.05, 3.63) is 41.1 Å². The van der Waals surface area contributed by atoms with Crippen LogP contribution in [0, 0.1) is 6.92 Å². The Morgan fingerprint density at radius 1 is 1.57 bits per heavy atom. The van der Waals surface area contributed by atoms with Gasteiger partial charge in [-0.3, -0.25) is 9.58 Å². The predicted octanol–water partition coefficient (Wildman–Crippen LogP) is 2.40. The standard InChI is InChI=1S/C16H21N3O3S/c1-11-6-13(22-15(11)16(20)21-3)9-19-4-5-23-10-14(19)12-7-17-18(2)8-12/h6-8,14H,4-5,9-10H2,1-3H3. The van der Waals surface area contributed by atoms with E-state index in [0.29, 0.717) is 18.3 Å². The van der Waals surface area contributed by atoms with Gasteiger partial charge in [-0.1, -0.05) is 0 Å². The molecule has 0 aromatic carbocycles. The van der Waals surface area contributed by atoms with Crippen LogP contribution in [0.4, 0.5) is 0 Å². The SMILES string of the molecule is COC(=O)c1oc(CN2CCSCC2c2cnn(C)c2)cc1C. The van der Waals surface area contributed by atoms with E-state index in [2.05, 4.69) is 16.2 Å². The molecule has 1 unspecified atom stereocenters. The smallest absolute Gasteiger partial charge is 0.374 e. The third kappa shape index (κ3) is 3.45. The van der Waals surface area contributed by atoms with Gasteiger partial charge in [0.1, 0.15) is 5.76 Å². The highest BCUT2D eigenvalue weighted by Gasteiger charge is 2.27. The van der Waals surface area contributed by atoms with Gasteiger partial charge in [-0.2, -0.15) is 16.9 Å². The average molecular weight is 335 g/mol. The molecule has 0 saturated carbocycles. The Balaban J connectivity index is 1.78. The molecule has 2 aromatic heterocycles. The maximum absolute atomic E-state index is 11.7. The molecule has 23 heavy (non-hydrogen) atoms. The quantitative estimate of drug-likeness (QED) is 0.800. The molecular weight excluding hydrogens is 314 g/mol. The number of aryl methyl sites for hydroxylation is 2. The van der Waals surface area contributed by atoms with E-state index in [-0.39, 0.29) is 0 Å². The second-order valence-corrected chi connectivity index (χ2v) is 6.87. The number of nitrogens with zero attached hydrogens (tertiary/aromatic N) is 3. The molecule has 2 aromatic rings. The van der Waals surface area contributed by atoms with Crippen molar-refractivity contribution in [3.8, 4) is 0 Å². The zero-order valence-corrected chi connectivity index (χ0v) is 14.4. The Morgan fingerprint density at radius 3 is 3.09 bits per heavy atom. The number of carbonyl (C=O) groups is 1. The van der Waals surface area contributed by atoms with Crippen molar-refractivity contribution in [2.75, 3.05) is 25.2 Å². The van der Waals surface area contributed by atoms with Crippen LogP contribution < -0.4 is 0 Å². The lowest BCUT2D eigenvalue weighted by Gasteiger charge is -2.34. The maximum atomic E-state index is 11.7. The van der Waals surface area contributed by atoms with Crippen LogP contribution in [0.5, 0.6) is 0 Å². The highest BCUT2D eigenvalue weighted by molar-refractivity contribution is 7.99. The Labute approximate surface area is 139 Å². The van der Waals surface area contributed by atoms with Gasteiger partial charge in [0.05, 0.1) is 19.9 Å². The molecular formula is C16H21N3O3S. The summed E-state index contributed by atoms with van der Waals surface area (Å²) in [5, 5.41) is 4.28. The molecule has 0 bridgehead atoms. The van der Waals surface area contributed by atoms with Crippen LogP contribution in [0.2, 0.25) is 0 Å². The normalized spacial score (nSPS) is 19.0. The lowest BCUT2D eigenvalue weighted by molar-refractivity contribution is 0.0559. The maximum Gasteiger partial charge on any atom is 0.374 e. The number of aromatic nitrogens is 2. The molecule has 1 aliphatic rings. The largest absolute Gasteiger partial charge is 0.463 e. The molecule has 1 fully saturated rings. The number of hydrogen-bond acceptors (Lipinski definition) is 6. The van der Waals surface area contributed by atoms with Crippen LogP contribution in [0.1, 0.15) is 33.5 Å². The lowest BCUT2D eigenvalue weighted by atomic mass is 10.1. The predicted molar refractivity (Wildman–Crippen MR) is 88.5 cm³/mol. The van der Waals surface area contributed by atoms with Gasteiger partial charge in [0.25, 0.3) is 0 Å². The number of carbonyl (C=O) groups excluding carboxylic acids is 1. The van der Waals surface area contributed by atoms with Crippen LogP contribution in [-0.2, 0) is 18.3 Å². The number of esters is 1. The van der Waals surface area contributed by atoms with E-state index in [0.717, 1.165) is 29.4 Å². The van der Waals surface area contributed by atoms with Crippen molar-refractivity contribution in [2.45, 2.75) is 19.5 Å². The van der Waals surface area contributed by atoms with Crippen molar-refractivity contribution in [1.29, 1.82) is 0 Å². The van der Waals surface area contributed by atoms with Crippen molar-refractivity contribution >= 4 is 17.7 Å². The molecule has 7 heteroatoms. The van der Waals surface area contributed by atoms with Crippen molar-refractivity contribution in [3.63, 3.8) is 0 Å². The van der Waals surface area contributed by atoms with Crippen LogP contribution in [-0.4, -0.2) is 45.8 Å². The van der Waals surface area contributed by atoms with Crippen molar-refractivity contribution in [2.24, 2.45) is 7.05 Å². The first-order chi connectivity index (χ1) is 11.1. The van der Waals surface area contributed by atoms with E-state index in [9.17, 15) is 4.79 Å². The monoisotopic (exact) mass is 335 g/mol. The lowest BCUT2D eigenvalue weighted by Crippen LogP contribution is -2.35. The summed E-state index contributed by atoms with van der Waals surface area (Å²) in [4.78, 5) is 14.1. The second-order valence-electron chi connectivity index (χ2n) is 5.72. The van der Waals surface area contributed by atoms with E-state index >= 15 is 0 Å². The number of methoxy groups -OCH3 is 1. The molecule has 0 amide bonds. The Bertz CT molecular complexity index is 695. The second kappa shape index (κ2) is 6.80. The summed E-state index contributed by atoms with van der Waals surface area (Å²) in [6.07, 6.45) is 3.99. The van der Waals surface area contributed by atoms with Crippen LogP contribution in [0.3, 0.4) is 0 Å². The highest BCUT2D eigenvalue weighted by atomic mass is 32.2. The summed E-state index contributed by atoms with van der Waals surface area (Å²) < 4.78 is 12.3. The summed E-state index contributed by atoms with van der Waals surface area (Å²) in [6.45, 7) is 3.53. The molecule has 3 heterocycles. The Kier molecular flexibility index (Phi) is 4.77. The van der Waals surface area contributed by atoms with Gasteiger partial charge < -0.3 is 9.15 Å². The van der Waals surface area contributed by atoms with Gasteiger partial charge in [0, 0.05) is 48.5 Å².